The first kappa shape index (κ1) is 12.5. The third kappa shape index (κ3) is 2.20. The van der Waals surface area contributed by atoms with Gasteiger partial charge in [-0.15, -0.1) is 5.10 Å². The fraction of sp³-hybridized carbons (Fsp3) is 0.750. The molecule has 4 nitrogen and oxygen atoms in total. The third-order valence-corrected chi connectivity index (χ3v) is 3.94. The summed E-state index contributed by atoms with van der Waals surface area (Å²) >= 11 is 5.08. The van der Waals surface area contributed by atoms with Crippen LogP contribution in [-0.4, -0.2) is 20.0 Å². The quantitative estimate of drug-likeness (QED) is 0.818. The van der Waals surface area contributed by atoms with Gasteiger partial charge in [0, 0.05) is 5.92 Å². The summed E-state index contributed by atoms with van der Waals surface area (Å²) in [6, 6.07) is 0.418. The fourth-order valence-corrected chi connectivity index (χ4v) is 2.59. The van der Waals surface area contributed by atoms with E-state index in [0.29, 0.717) is 16.9 Å². The van der Waals surface area contributed by atoms with E-state index in [9.17, 15) is 0 Å². The molecule has 1 saturated carbocycles. The van der Waals surface area contributed by atoms with Gasteiger partial charge in [0.25, 0.3) is 0 Å². The van der Waals surface area contributed by atoms with Crippen LogP contribution >= 0.6 is 12.2 Å². The molecule has 17 heavy (non-hydrogen) atoms. The highest BCUT2D eigenvalue weighted by atomic mass is 32.1. The molecule has 0 amide bonds. The summed E-state index contributed by atoms with van der Waals surface area (Å²) in [5, 5.41) is 8.46. The molecule has 0 radical (unpaired) electrons. The van der Waals surface area contributed by atoms with Gasteiger partial charge in [-0.05, 0) is 25.7 Å². The van der Waals surface area contributed by atoms with E-state index in [4.69, 9.17) is 18.0 Å². The van der Waals surface area contributed by atoms with Crippen molar-refractivity contribution in [1.29, 1.82) is 0 Å². The molecule has 0 atom stereocenters. The van der Waals surface area contributed by atoms with Crippen LogP contribution in [0.25, 0.3) is 0 Å². The lowest BCUT2D eigenvalue weighted by atomic mass is 9.81. The Hall–Kier alpha value is -0.970. The van der Waals surface area contributed by atoms with Crippen LogP contribution in [0.15, 0.2) is 0 Å². The van der Waals surface area contributed by atoms with Crippen molar-refractivity contribution in [2.24, 2.45) is 5.73 Å². The summed E-state index contributed by atoms with van der Waals surface area (Å²) in [4.78, 5) is 0.379. The lowest BCUT2D eigenvalue weighted by Gasteiger charge is -2.28. The summed E-state index contributed by atoms with van der Waals surface area (Å²) in [6.07, 6.45) is 5.84. The highest BCUT2D eigenvalue weighted by Crippen LogP contribution is 2.38. The van der Waals surface area contributed by atoms with Crippen molar-refractivity contribution in [3.05, 3.63) is 11.4 Å². The molecule has 0 saturated heterocycles. The Kier molecular flexibility index (Phi) is 3.76. The Balaban J connectivity index is 2.40. The maximum atomic E-state index is 5.74. The second kappa shape index (κ2) is 5.12. The summed E-state index contributed by atoms with van der Waals surface area (Å²) in [5.74, 6) is 0.557. The maximum absolute atomic E-state index is 5.74. The number of thiocarbonyl (C=S) groups is 1. The molecule has 0 aliphatic heterocycles. The molecule has 2 rings (SSSR count). The van der Waals surface area contributed by atoms with Crippen molar-refractivity contribution in [2.75, 3.05) is 0 Å². The van der Waals surface area contributed by atoms with Crippen LogP contribution in [0.4, 0.5) is 0 Å². The zero-order chi connectivity index (χ0) is 12.4. The third-order valence-electron chi connectivity index (χ3n) is 3.74. The number of aromatic nitrogens is 3. The van der Waals surface area contributed by atoms with Crippen LogP contribution in [0.3, 0.4) is 0 Å². The van der Waals surface area contributed by atoms with Gasteiger partial charge in [-0.1, -0.05) is 37.7 Å². The molecule has 1 aromatic rings. The van der Waals surface area contributed by atoms with Gasteiger partial charge in [-0.25, -0.2) is 4.68 Å². The molecular weight excluding hydrogens is 232 g/mol. The monoisotopic (exact) mass is 252 g/mol. The highest BCUT2D eigenvalue weighted by molar-refractivity contribution is 7.80. The van der Waals surface area contributed by atoms with Crippen molar-refractivity contribution in [3.63, 3.8) is 0 Å². The van der Waals surface area contributed by atoms with Crippen molar-refractivity contribution in [3.8, 4) is 0 Å². The van der Waals surface area contributed by atoms with Gasteiger partial charge >= 0.3 is 0 Å². The fourth-order valence-electron chi connectivity index (χ4n) is 2.44. The normalized spacial score (nSPS) is 16.2. The smallest absolute Gasteiger partial charge is 0.143 e. The lowest BCUT2D eigenvalue weighted by Crippen LogP contribution is -2.22. The van der Waals surface area contributed by atoms with Crippen molar-refractivity contribution in [1.82, 2.24) is 15.0 Å². The predicted molar refractivity (Wildman–Crippen MR) is 72.1 cm³/mol. The topological polar surface area (TPSA) is 56.7 Å². The number of hydrogen-bond donors (Lipinski definition) is 1. The van der Waals surface area contributed by atoms with Crippen molar-refractivity contribution >= 4 is 17.2 Å². The Morgan fingerprint density at radius 2 is 2.12 bits per heavy atom. The van der Waals surface area contributed by atoms with Gasteiger partial charge in [-0.3, -0.25) is 0 Å². The first-order valence-corrected chi connectivity index (χ1v) is 6.84. The second-order valence-corrected chi connectivity index (χ2v) is 5.17. The molecule has 1 heterocycles. The zero-order valence-corrected chi connectivity index (χ0v) is 11.3. The Labute approximate surface area is 108 Å². The average molecular weight is 252 g/mol. The average Bonchev–Trinajstić information content (AvgIpc) is 2.62. The van der Waals surface area contributed by atoms with Crippen LogP contribution < -0.4 is 5.73 Å². The second-order valence-electron chi connectivity index (χ2n) is 4.73. The van der Waals surface area contributed by atoms with Crippen LogP contribution in [0, 0.1) is 0 Å². The van der Waals surface area contributed by atoms with Gasteiger partial charge in [0.05, 0.1) is 11.7 Å². The number of nitrogens with zero attached hydrogens (tertiary/aromatic N) is 3. The van der Waals surface area contributed by atoms with Gasteiger partial charge < -0.3 is 5.73 Å². The molecule has 94 valence electrons. The van der Waals surface area contributed by atoms with Gasteiger partial charge in [0.1, 0.15) is 10.7 Å². The maximum Gasteiger partial charge on any atom is 0.143 e. The zero-order valence-electron chi connectivity index (χ0n) is 10.5. The highest BCUT2D eigenvalue weighted by Gasteiger charge is 2.30. The molecule has 1 fully saturated rings. The molecule has 0 spiro atoms. The molecule has 5 heteroatoms. The van der Waals surface area contributed by atoms with Crippen LogP contribution in [0.1, 0.15) is 69.3 Å². The molecular formula is C12H20N4S. The van der Waals surface area contributed by atoms with Crippen LogP contribution in [0.5, 0.6) is 0 Å². The Morgan fingerprint density at radius 3 is 2.53 bits per heavy atom. The first-order valence-electron chi connectivity index (χ1n) is 6.43. The van der Waals surface area contributed by atoms with E-state index >= 15 is 0 Å². The van der Waals surface area contributed by atoms with Crippen LogP contribution in [-0.2, 0) is 0 Å². The number of rotatable bonds is 5. The van der Waals surface area contributed by atoms with Gasteiger partial charge in [-0.2, -0.15) is 0 Å². The minimum atomic E-state index is 0.379. The predicted octanol–water partition coefficient (Wildman–Crippen LogP) is 2.54. The minimum absolute atomic E-state index is 0.379. The molecule has 2 N–H and O–H groups in total. The van der Waals surface area contributed by atoms with E-state index in [0.717, 1.165) is 18.5 Å². The Bertz CT molecular complexity index is 405. The molecule has 1 aliphatic carbocycles. The lowest BCUT2D eigenvalue weighted by molar-refractivity contribution is 0.347. The molecule has 0 aromatic carbocycles. The van der Waals surface area contributed by atoms with E-state index in [1.165, 1.54) is 25.0 Å². The van der Waals surface area contributed by atoms with E-state index in [1.54, 1.807) is 0 Å². The molecule has 1 aliphatic rings. The van der Waals surface area contributed by atoms with E-state index in [2.05, 4.69) is 28.8 Å². The summed E-state index contributed by atoms with van der Waals surface area (Å²) in [5.41, 5.74) is 7.67. The standard InChI is InChI=1S/C12H20N4S/c1-3-9(4-2)16-11(8-6-5-7-8)10(12(13)17)14-15-16/h8-9H,3-7H2,1-2H3,(H2,13,17). The van der Waals surface area contributed by atoms with E-state index < -0.39 is 0 Å². The van der Waals surface area contributed by atoms with E-state index in [-0.39, 0.29) is 0 Å². The van der Waals surface area contributed by atoms with Gasteiger partial charge in [0.2, 0.25) is 0 Å². The summed E-state index contributed by atoms with van der Waals surface area (Å²) in [7, 11) is 0. The summed E-state index contributed by atoms with van der Waals surface area (Å²) < 4.78 is 2.07. The van der Waals surface area contributed by atoms with Crippen LogP contribution in [0.2, 0.25) is 0 Å². The van der Waals surface area contributed by atoms with Crippen molar-refractivity contribution < 1.29 is 0 Å². The van der Waals surface area contributed by atoms with Crippen molar-refractivity contribution in [2.45, 2.75) is 57.9 Å². The minimum Gasteiger partial charge on any atom is -0.388 e. The molecule has 0 bridgehead atoms. The first-order chi connectivity index (χ1) is 8.19. The summed E-state index contributed by atoms with van der Waals surface area (Å²) in [6.45, 7) is 4.36. The Morgan fingerprint density at radius 1 is 1.47 bits per heavy atom. The number of hydrogen-bond acceptors (Lipinski definition) is 3. The number of nitrogens with two attached hydrogens (primary N) is 1. The van der Waals surface area contributed by atoms with E-state index in [1.807, 2.05) is 0 Å². The molecule has 1 aromatic heterocycles. The molecule has 0 unspecified atom stereocenters. The largest absolute Gasteiger partial charge is 0.388 e. The van der Waals surface area contributed by atoms with Gasteiger partial charge in [0.15, 0.2) is 0 Å². The SMILES string of the molecule is CCC(CC)n1nnc(C(N)=S)c1C1CCC1.